The summed E-state index contributed by atoms with van der Waals surface area (Å²) in [5.41, 5.74) is 8.76. The summed E-state index contributed by atoms with van der Waals surface area (Å²) in [7, 11) is 0. The van der Waals surface area contributed by atoms with Crippen LogP contribution in [0, 0.1) is 13.8 Å². The molecule has 0 atom stereocenters. The lowest BCUT2D eigenvalue weighted by Gasteiger charge is -2.08. The largest absolute Gasteiger partial charge is 0.273 e. The molecule has 0 aliphatic rings. The van der Waals surface area contributed by atoms with Crippen molar-refractivity contribution in [2.75, 3.05) is 5.43 Å². The number of nitrogens with zero attached hydrogens (tertiary/aromatic N) is 4. The van der Waals surface area contributed by atoms with Gasteiger partial charge >= 0.3 is 0 Å². The molecule has 7 nitrogen and oxygen atoms in total. The minimum absolute atomic E-state index is 0.199. The van der Waals surface area contributed by atoms with Crippen molar-refractivity contribution in [1.82, 2.24) is 25.2 Å². The number of hydrogen-bond donors (Lipinski definition) is 2. The van der Waals surface area contributed by atoms with Crippen molar-refractivity contribution in [2.24, 2.45) is 0 Å². The number of carbonyl (C=O) groups excluding carboxylic acids is 1. The fraction of sp³-hybridized carbons (Fsp3) is 0.176. The van der Waals surface area contributed by atoms with E-state index in [0.717, 1.165) is 22.6 Å². The van der Waals surface area contributed by atoms with Crippen LogP contribution in [-0.2, 0) is 11.2 Å². The summed E-state index contributed by atoms with van der Waals surface area (Å²) in [5, 5.41) is 5.20. The number of aromatic nitrogens is 4. The van der Waals surface area contributed by atoms with E-state index in [0.29, 0.717) is 11.0 Å². The van der Waals surface area contributed by atoms with Gasteiger partial charge in [0.05, 0.1) is 17.8 Å². The van der Waals surface area contributed by atoms with E-state index in [1.54, 1.807) is 18.5 Å². The van der Waals surface area contributed by atoms with Gasteiger partial charge in [0.2, 0.25) is 11.9 Å². The van der Waals surface area contributed by atoms with E-state index in [4.69, 9.17) is 11.6 Å². The van der Waals surface area contributed by atoms with Gasteiger partial charge in [-0.3, -0.25) is 15.6 Å². The monoisotopic (exact) mass is 356 g/mol. The van der Waals surface area contributed by atoms with Crippen LogP contribution in [0.2, 0.25) is 5.02 Å². The SMILES string of the molecule is Cc1nn(-c2ccc(Cl)cc2)c(C)c1CC(=O)NNc1ncccn1. The van der Waals surface area contributed by atoms with Crippen molar-refractivity contribution in [1.29, 1.82) is 0 Å². The van der Waals surface area contributed by atoms with E-state index in [9.17, 15) is 4.79 Å². The van der Waals surface area contributed by atoms with Crippen LogP contribution in [0.15, 0.2) is 42.7 Å². The van der Waals surface area contributed by atoms with Crippen LogP contribution in [0.4, 0.5) is 5.95 Å². The van der Waals surface area contributed by atoms with Gasteiger partial charge in [-0.1, -0.05) is 11.6 Å². The van der Waals surface area contributed by atoms with Crippen molar-refractivity contribution in [3.8, 4) is 5.69 Å². The number of amides is 1. The lowest BCUT2D eigenvalue weighted by molar-refractivity contribution is -0.120. The highest BCUT2D eigenvalue weighted by Gasteiger charge is 2.16. The van der Waals surface area contributed by atoms with E-state index in [1.165, 1.54) is 0 Å². The van der Waals surface area contributed by atoms with Gasteiger partial charge in [-0.25, -0.2) is 14.6 Å². The second kappa shape index (κ2) is 7.31. The van der Waals surface area contributed by atoms with Gasteiger partial charge in [-0.05, 0) is 44.2 Å². The third-order valence-electron chi connectivity index (χ3n) is 3.73. The zero-order valence-electron chi connectivity index (χ0n) is 13.8. The molecule has 0 bridgehead atoms. The van der Waals surface area contributed by atoms with Crippen LogP contribution in [0.3, 0.4) is 0 Å². The van der Waals surface area contributed by atoms with Crippen molar-refractivity contribution >= 4 is 23.5 Å². The molecule has 0 fully saturated rings. The van der Waals surface area contributed by atoms with Gasteiger partial charge in [0.15, 0.2) is 0 Å². The Morgan fingerprint density at radius 3 is 2.52 bits per heavy atom. The van der Waals surface area contributed by atoms with Crippen LogP contribution in [-0.4, -0.2) is 25.7 Å². The highest BCUT2D eigenvalue weighted by molar-refractivity contribution is 6.30. The average Bonchev–Trinajstić information content (AvgIpc) is 2.90. The fourth-order valence-corrected chi connectivity index (χ4v) is 2.58. The smallest absolute Gasteiger partial charge is 0.242 e. The van der Waals surface area contributed by atoms with Crippen molar-refractivity contribution in [3.05, 3.63) is 64.7 Å². The molecule has 0 saturated heterocycles. The lowest BCUT2D eigenvalue weighted by Crippen LogP contribution is -2.31. The maximum Gasteiger partial charge on any atom is 0.242 e. The topological polar surface area (TPSA) is 84.7 Å². The number of hydrazine groups is 1. The van der Waals surface area contributed by atoms with E-state index in [2.05, 4.69) is 25.9 Å². The molecule has 2 N–H and O–H groups in total. The van der Waals surface area contributed by atoms with Crippen LogP contribution < -0.4 is 10.9 Å². The molecule has 2 heterocycles. The van der Waals surface area contributed by atoms with Gasteiger partial charge in [-0.15, -0.1) is 0 Å². The van der Waals surface area contributed by atoms with E-state index in [-0.39, 0.29) is 12.3 Å². The number of rotatable bonds is 5. The lowest BCUT2D eigenvalue weighted by atomic mass is 10.1. The Kier molecular flexibility index (Phi) is 4.95. The van der Waals surface area contributed by atoms with Crippen LogP contribution in [0.5, 0.6) is 0 Å². The van der Waals surface area contributed by atoms with Crippen LogP contribution in [0.1, 0.15) is 17.0 Å². The van der Waals surface area contributed by atoms with Crippen LogP contribution in [0.25, 0.3) is 5.69 Å². The first kappa shape index (κ1) is 16.9. The first-order chi connectivity index (χ1) is 12.0. The summed E-state index contributed by atoms with van der Waals surface area (Å²) >= 11 is 5.93. The molecule has 0 radical (unpaired) electrons. The van der Waals surface area contributed by atoms with Gasteiger partial charge in [0, 0.05) is 28.7 Å². The van der Waals surface area contributed by atoms with E-state index >= 15 is 0 Å². The number of benzene rings is 1. The van der Waals surface area contributed by atoms with Crippen molar-refractivity contribution in [3.63, 3.8) is 0 Å². The molecule has 3 aromatic rings. The minimum atomic E-state index is -0.200. The van der Waals surface area contributed by atoms with Crippen molar-refractivity contribution < 1.29 is 4.79 Å². The Bertz CT molecular complexity index is 876. The molecular formula is C17H17ClN6O. The van der Waals surface area contributed by atoms with Crippen molar-refractivity contribution in [2.45, 2.75) is 20.3 Å². The molecule has 0 unspecified atom stereocenters. The molecule has 0 spiro atoms. The van der Waals surface area contributed by atoms with Gasteiger partial charge in [0.1, 0.15) is 0 Å². The fourth-order valence-electron chi connectivity index (χ4n) is 2.46. The molecule has 0 saturated carbocycles. The third-order valence-corrected chi connectivity index (χ3v) is 3.98. The summed E-state index contributed by atoms with van der Waals surface area (Å²) in [6.07, 6.45) is 3.38. The summed E-state index contributed by atoms with van der Waals surface area (Å²) in [5.74, 6) is 0.135. The maximum atomic E-state index is 12.2. The predicted molar refractivity (Wildman–Crippen MR) is 95.5 cm³/mol. The molecule has 128 valence electrons. The van der Waals surface area contributed by atoms with Gasteiger partial charge < -0.3 is 0 Å². The summed E-state index contributed by atoms with van der Waals surface area (Å²) < 4.78 is 1.81. The number of anilines is 1. The first-order valence-electron chi connectivity index (χ1n) is 7.67. The summed E-state index contributed by atoms with van der Waals surface area (Å²) in [6, 6.07) is 9.09. The molecule has 25 heavy (non-hydrogen) atoms. The Hall–Kier alpha value is -2.93. The number of hydrogen-bond acceptors (Lipinski definition) is 5. The predicted octanol–water partition coefficient (Wildman–Crippen LogP) is 2.62. The molecule has 2 aromatic heterocycles. The maximum absolute atomic E-state index is 12.2. The normalized spacial score (nSPS) is 10.5. The zero-order valence-corrected chi connectivity index (χ0v) is 14.6. The molecule has 1 amide bonds. The molecule has 0 aliphatic carbocycles. The highest BCUT2D eigenvalue weighted by atomic mass is 35.5. The second-order valence-electron chi connectivity index (χ2n) is 5.46. The third kappa shape index (κ3) is 3.95. The Labute approximate surface area is 150 Å². The average molecular weight is 357 g/mol. The zero-order chi connectivity index (χ0) is 17.8. The molecule has 1 aromatic carbocycles. The summed E-state index contributed by atoms with van der Waals surface area (Å²) in [6.45, 7) is 3.82. The second-order valence-corrected chi connectivity index (χ2v) is 5.90. The van der Waals surface area contributed by atoms with E-state index < -0.39 is 0 Å². The van der Waals surface area contributed by atoms with E-state index in [1.807, 2.05) is 42.8 Å². The highest BCUT2D eigenvalue weighted by Crippen LogP contribution is 2.20. The van der Waals surface area contributed by atoms with Gasteiger partial charge in [-0.2, -0.15) is 5.10 Å². The molecule has 8 heteroatoms. The number of aryl methyl sites for hydroxylation is 1. The number of halogens is 1. The Morgan fingerprint density at radius 2 is 1.84 bits per heavy atom. The number of carbonyl (C=O) groups is 1. The van der Waals surface area contributed by atoms with Gasteiger partial charge in [0.25, 0.3) is 0 Å². The Morgan fingerprint density at radius 1 is 1.16 bits per heavy atom. The Balaban J connectivity index is 1.72. The summed E-state index contributed by atoms with van der Waals surface area (Å²) in [4.78, 5) is 20.2. The molecule has 0 aliphatic heterocycles. The molecule has 3 rings (SSSR count). The first-order valence-corrected chi connectivity index (χ1v) is 8.05. The molecular weight excluding hydrogens is 340 g/mol. The minimum Gasteiger partial charge on any atom is -0.273 e. The number of nitrogens with one attached hydrogen (secondary N) is 2. The quantitative estimate of drug-likeness (QED) is 0.686. The van der Waals surface area contributed by atoms with Crippen LogP contribution >= 0.6 is 11.6 Å². The standard InChI is InChI=1S/C17H17ClN6O/c1-11-15(10-16(25)21-22-17-19-8-3-9-20-17)12(2)24(23-11)14-6-4-13(18)5-7-14/h3-9H,10H2,1-2H3,(H,21,25)(H,19,20,22).